The molecule has 15 heavy (non-hydrogen) atoms. The molecule has 1 amide bonds. The van der Waals surface area contributed by atoms with E-state index in [1.54, 1.807) is 7.05 Å². The number of hydrogen-bond acceptors (Lipinski definition) is 3. The fraction of sp³-hybridized carbons (Fsp3) is 0.364. The molecule has 0 spiro atoms. The van der Waals surface area contributed by atoms with Crippen molar-refractivity contribution in [3.63, 3.8) is 0 Å². The molecule has 0 aromatic heterocycles. The van der Waals surface area contributed by atoms with Crippen LogP contribution in [0.2, 0.25) is 0 Å². The van der Waals surface area contributed by atoms with E-state index in [0.717, 1.165) is 16.9 Å². The molecule has 82 valence electrons. The fourth-order valence-corrected chi connectivity index (χ4v) is 1.34. The van der Waals surface area contributed by atoms with Crippen LogP contribution in [0.15, 0.2) is 18.2 Å². The van der Waals surface area contributed by atoms with Gasteiger partial charge in [0.05, 0.1) is 0 Å². The number of carbonyl (C=O) groups excluding carboxylic acids is 1. The second-order valence-electron chi connectivity index (χ2n) is 3.31. The molecule has 2 N–H and O–H groups in total. The van der Waals surface area contributed by atoms with Crippen LogP contribution in [-0.4, -0.2) is 19.6 Å². The molecular weight excluding hydrogens is 192 g/mol. The van der Waals surface area contributed by atoms with Gasteiger partial charge in [0.15, 0.2) is 6.61 Å². The Balaban J connectivity index is 2.61. The van der Waals surface area contributed by atoms with Crippen LogP contribution in [-0.2, 0) is 4.79 Å². The summed E-state index contributed by atoms with van der Waals surface area (Å²) in [7, 11) is 1.64. The van der Waals surface area contributed by atoms with E-state index in [2.05, 4.69) is 10.9 Å². The van der Waals surface area contributed by atoms with Crippen molar-refractivity contribution in [1.29, 1.82) is 0 Å². The van der Waals surface area contributed by atoms with E-state index in [-0.39, 0.29) is 12.5 Å². The highest BCUT2D eigenvalue weighted by atomic mass is 16.5. The SMILES string of the molecule is CNNC(=O)COc1c(C)cccc1C. The first-order chi connectivity index (χ1) is 7.15. The minimum Gasteiger partial charge on any atom is -0.483 e. The summed E-state index contributed by atoms with van der Waals surface area (Å²) in [5.41, 5.74) is 7.06. The molecule has 0 saturated carbocycles. The maximum absolute atomic E-state index is 11.1. The third kappa shape index (κ3) is 3.25. The molecule has 0 atom stereocenters. The van der Waals surface area contributed by atoms with E-state index < -0.39 is 0 Å². The van der Waals surface area contributed by atoms with E-state index in [9.17, 15) is 4.79 Å². The second kappa shape index (κ2) is 5.36. The van der Waals surface area contributed by atoms with Crippen molar-refractivity contribution in [2.24, 2.45) is 0 Å². The molecule has 1 rings (SSSR count). The van der Waals surface area contributed by atoms with Crippen LogP contribution >= 0.6 is 0 Å². The number of hydrogen-bond donors (Lipinski definition) is 2. The maximum atomic E-state index is 11.1. The van der Waals surface area contributed by atoms with Gasteiger partial charge in [-0.1, -0.05) is 18.2 Å². The molecule has 0 unspecified atom stereocenters. The highest BCUT2D eigenvalue weighted by Crippen LogP contribution is 2.21. The number of benzene rings is 1. The minimum absolute atomic E-state index is 0.0204. The van der Waals surface area contributed by atoms with Crippen molar-refractivity contribution in [2.45, 2.75) is 13.8 Å². The molecule has 0 radical (unpaired) electrons. The highest BCUT2D eigenvalue weighted by Gasteiger charge is 2.05. The molecule has 0 aliphatic rings. The standard InChI is InChI=1S/C11H16N2O2/c1-8-5-4-6-9(2)11(8)15-7-10(14)13-12-3/h4-6,12H,7H2,1-3H3,(H,13,14). The van der Waals surface area contributed by atoms with Crippen LogP contribution < -0.4 is 15.6 Å². The van der Waals surface area contributed by atoms with Crippen LogP contribution in [0, 0.1) is 13.8 Å². The summed E-state index contributed by atoms with van der Waals surface area (Å²) in [5, 5.41) is 0. The van der Waals surface area contributed by atoms with E-state index in [1.807, 2.05) is 32.0 Å². The average Bonchev–Trinajstić information content (AvgIpc) is 2.17. The lowest BCUT2D eigenvalue weighted by molar-refractivity contribution is -0.123. The molecule has 1 aromatic rings. The zero-order valence-electron chi connectivity index (χ0n) is 9.26. The van der Waals surface area contributed by atoms with E-state index in [1.165, 1.54) is 0 Å². The van der Waals surface area contributed by atoms with Gasteiger partial charge in [0.2, 0.25) is 0 Å². The molecule has 4 nitrogen and oxygen atoms in total. The van der Waals surface area contributed by atoms with Crippen molar-refractivity contribution in [3.8, 4) is 5.75 Å². The normalized spacial score (nSPS) is 9.80. The number of amides is 1. The summed E-state index contributed by atoms with van der Waals surface area (Å²) < 4.78 is 5.43. The fourth-order valence-electron chi connectivity index (χ4n) is 1.34. The minimum atomic E-state index is -0.194. The Morgan fingerprint density at radius 3 is 2.47 bits per heavy atom. The Morgan fingerprint density at radius 2 is 1.93 bits per heavy atom. The molecule has 1 aromatic carbocycles. The molecule has 0 saturated heterocycles. The lowest BCUT2D eigenvalue weighted by atomic mass is 10.1. The van der Waals surface area contributed by atoms with Gasteiger partial charge in [-0.3, -0.25) is 10.2 Å². The Labute approximate surface area is 89.6 Å². The molecule has 0 bridgehead atoms. The van der Waals surface area contributed by atoms with Crippen molar-refractivity contribution in [3.05, 3.63) is 29.3 Å². The number of ether oxygens (including phenoxy) is 1. The summed E-state index contributed by atoms with van der Waals surface area (Å²) in [4.78, 5) is 11.1. The van der Waals surface area contributed by atoms with Crippen molar-refractivity contribution >= 4 is 5.91 Å². The van der Waals surface area contributed by atoms with Crippen LogP contribution in [0.4, 0.5) is 0 Å². The highest BCUT2D eigenvalue weighted by molar-refractivity contribution is 5.77. The second-order valence-corrected chi connectivity index (χ2v) is 3.31. The van der Waals surface area contributed by atoms with Gasteiger partial charge in [0.25, 0.3) is 5.91 Å². The van der Waals surface area contributed by atoms with Crippen molar-refractivity contribution in [2.75, 3.05) is 13.7 Å². The van der Waals surface area contributed by atoms with Crippen LogP contribution in [0.1, 0.15) is 11.1 Å². The quantitative estimate of drug-likeness (QED) is 0.724. The first-order valence-corrected chi connectivity index (χ1v) is 4.79. The molecule has 0 heterocycles. The summed E-state index contributed by atoms with van der Waals surface area (Å²) in [5.74, 6) is 0.587. The molecular formula is C11H16N2O2. The third-order valence-corrected chi connectivity index (χ3v) is 2.02. The third-order valence-electron chi connectivity index (χ3n) is 2.02. The number of rotatable bonds is 4. The number of para-hydroxylation sites is 1. The number of aryl methyl sites for hydroxylation is 2. The molecule has 0 aliphatic carbocycles. The molecule has 4 heteroatoms. The van der Waals surface area contributed by atoms with E-state index in [0.29, 0.717) is 0 Å². The summed E-state index contributed by atoms with van der Waals surface area (Å²) >= 11 is 0. The zero-order valence-corrected chi connectivity index (χ0v) is 9.26. The monoisotopic (exact) mass is 208 g/mol. The lowest BCUT2D eigenvalue weighted by Gasteiger charge is -2.11. The Bertz CT molecular complexity index is 330. The van der Waals surface area contributed by atoms with E-state index >= 15 is 0 Å². The number of nitrogens with one attached hydrogen (secondary N) is 2. The largest absolute Gasteiger partial charge is 0.483 e. The molecule has 0 aliphatic heterocycles. The van der Waals surface area contributed by atoms with Crippen molar-refractivity contribution in [1.82, 2.24) is 10.9 Å². The van der Waals surface area contributed by atoms with Gasteiger partial charge >= 0.3 is 0 Å². The van der Waals surface area contributed by atoms with Crippen LogP contribution in [0.3, 0.4) is 0 Å². The predicted octanol–water partition coefficient (Wildman–Crippen LogP) is 0.933. The molecule has 0 fully saturated rings. The van der Waals surface area contributed by atoms with Crippen molar-refractivity contribution < 1.29 is 9.53 Å². The first kappa shape index (κ1) is 11.5. The van der Waals surface area contributed by atoms with Crippen LogP contribution in [0.5, 0.6) is 5.75 Å². The summed E-state index contributed by atoms with van der Waals surface area (Å²) in [6.45, 7) is 3.93. The van der Waals surface area contributed by atoms with Gasteiger partial charge in [0, 0.05) is 7.05 Å². The predicted molar refractivity (Wildman–Crippen MR) is 58.6 cm³/mol. The Kier molecular flexibility index (Phi) is 4.12. The Morgan fingerprint density at radius 1 is 1.33 bits per heavy atom. The maximum Gasteiger partial charge on any atom is 0.271 e. The number of carbonyl (C=O) groups is 1. The first-order valence-electron chi connectivity index (χ1n) is 4.79. The van der Waals surface area contributed by atoms with Crippen LogP contribution in [0.25, 0.3) is 0 Å². The Hall–Kier alpha value is -1.55. The number of hydrazine groups is 1. The van der Waals surface area contributed by atoms with E-state index in [4.69, 9.17) is 4.74 Å². The topological polar surface area (TPSA) is 50.4 Å². The van der Waals surface area contributed by atoms with Gasteiger partial charge in [-0.05, 0) is 25.0 Å². The van der Waals surface area contributed by atoms with Gasteiger partial charge < -0.3 is 4.74 Å². The lowest BCUT2D eigenvalue weighted by Crippen LogP contribution is -2.37. The smallest absolute Gasteiger partial charge is 0.271 e. The van der Waals surface area contributed by atoms with Gasteiger partial charge in [-0.25, -0.2) is 5.43 Å². The summed E-state index contributed by atoms with van der Waals surface area (Å²) in [6, 6.07) is 5.88. The van der Waals surface area contributed by atoms with Gasteiger partial charge in [-0.2, -0.15) is 0 Å². The van der Waals surface area contributed by atoms with Gasteiger partial charge in [0.1, 0.15) is 5.75 Å². The van der Waals surface area contributed by atoms with Gasteiger partial charge in [-0.15, -0.1) is 0 Å². The average molecular weight is 208 g/mol. The summed E-state index contributed by atoms with van der Waals surface area (Å²) in [6.07, 6.45) is 0. The zero-order chi connectivity index (χ0) is 11.3.